The quantitative estimate of drug-likeness (QED) is 0.497. The molecule has 1 aliphatic rings. The van der Waals surface area contributed by atoms with Crippen molar-refractivity contribution in [2.45, 2.75) is 38.1 Å². The molecule has 1 unspecified atom stereocenters. The number of quaternary nitrogens is 1. The van der Waals surface area contributed by atoms with Gasteiger partial charge in [0.2, 0.25) is 5.78 Å². The van der Waals surface area contributed by atoms with Crippen LogP contribution in [0.25, 0.3) is 0 Å². The average molecular weight is 424 g/mol. The van der Waals surface area contributed by atoms with Crippen LogP contribution in [0.5, 0.6) is 0 Å². The summed E-state index contributed by atoms with van der Waals surface area (Å²) < 4.78 is 0. The van der Waals surface area contributed by atoms with E-state index in [4.69, 9.17) is 5.11 Å². The van der Waals surface area contributed by atoms with Crippen molar-refractivity contribution in [3.05, 3.63) is 83.4 Å². The molecule has 0 aromatic heterocycles. The van der Waals surface area contributed by atoms with E-state index in [1.165, 1.54) is 41.7 Å². The number of likely N-dealkylation sites (N-methyl/N-ethyl adjacent to an activating group) is 1. The molecule has 6 nitrogen and oxygen atoms in total. The largest absolute Gasteiger partial charge is 0.545 e. The SMILES string of the molecule is C[NH+](CC(=O)c1ccc(C2CCCC2)cc1)Cc1ccccc1.O=C([O-])/C=C\C(=O)O. The Morgan fingerprint density at radius 1 is 1.00 bits per heavy atom. The minimum Gasteiger partial charge on any atom is -0.545 e. The van der Waals surface area contributed by atoms with Crippen molar-refractivity contribution in [2.75, 3.05) is 13.6 Å². The fourth-order valence-corrected chi connectivity index (χ4v) is 3.72. The molecule has 1 aliphatic carbocycles. The first kappa shape index (κ1) is 24.0. The lowest BCUT2D eigenvalue weighted by Crippen LogP contribution is -3.08. The van der Waals surface area contributed by atoms with Gasteiger partial charge in [-0.2, -0.15) is 0 Å². The molecule has 6 heteroatoms. The van der Waals surface area contributed by atoms with Crippen LogP contribution in [0.4, 0.5) is 0 Å². The minimum absolute atomic E-state index is 0.233. The summed E-state index contributed by atoms with van der Waals surface area (Å²) >= 11 is 0. The Kier molecular flexibility index (Phi) is 9.65. The molecule has 0 saturated heterocycles. The van der Waals surface area contributed by atoms with E-state index < -0.39 is 11.9 Å². The van der Waals surface area contributed by atoms with E-state index in [-0.39, 0.29) is 5.78 Å². The predicted octanol–water partition coefficient (Wildman–Crippen LogP) is 1.62. The number of nitrogens with one attached hydrogen (secondary N) is 1. The van der Waals surface area contributed by atoms with Gasteiger partial charge in [-0.25, -0.2) is 4.79 Å². The normalized spacial score (nSPS) is 14.6. The first-order valence-corrected chi connectivity index (χ1v) is 10.5. The topological polar surface area (TPSA) is 98.9 Å². The van der Waals surface area contributed by atoms with Crippen LogP contribution >= 0.6 is 0 Å². The summed E-state index contributed by atoms with van der Waals surface area (Å²) in [5.41, 5.74) is 3.53. The lowest BCUT2D eigenvalue weighted by atomic mass is 9.96. The molecular formula is C25H29NO5. The number of carboxylic acid groups (broad SMARTS) is 2. The van der Waals surface area contributed by atoms with Gasteiger partial charge < -0.3 is 19.9 Å². The third-order valence-corrected chi connectivity index (χ3v) is 5.23. The average Bonchev–Trinajstić information content (AvgIpc) is 3.28. The Bertz CT molecular complexity index is 868. The van der Waals surface area contributed by atoms with Crippen LogP contribution in [-0.4, -0.2) is 36.4 Å². The van der Waals surface area contributed by atoms with Crippen LogP contribution in [0.1, 0.15) is 53.1 Å². The maximum absolute atomic E-state index is 12.5. The maximum atomic E-state index is 12.5. The lowest BCUT2D eigenvalue weighted by Gasteiger charge is -2.14. The summed E-state index contributed by atoms with van der Waals surface area (Å²) in [6.07, 6.45) is 6.24. The highest BCUT2D eigenvalue weighted by molar-refractivity contribution is 5.96. The highest BCUT2D eigenvalue weighted by atomic mass is 16.4. The fourth-order valence-electron chi connectivity index (χ4n) is 3.72. The number of benzene rings is 2. The zero-order valence-electron chi connectivity index (χ0n) is 17.8. The van der Waals surface area contributed by atoms with E-state index in [9.17, 15) is 19.5 Å². The number of Topliss-reactive ketones (excluding diaryl/α,β-unsaturated/α-hetero) is 1. The summed E-state index contributed by atoms with van der Waals surface area (Å²) in [7, 11) is 2.08. The van der Waals surface area contributed by atoms with Crippen molar-refractivity contribution in [2.24, 2.45) is 0 Å². The third kappa shape index (κ3) is 8.97. The first-order valence-electron chi connectivity index (χ1n) is 10.5. The third-order valence-electron chi connectivity index (χ3n) is 5.23. The second kappa shape index (κ2) is 12.4. The highest BCUT2D eigenvalue weighted by Crippen LogP contribution is 2.33. The van der Waals surface area contributed by atoms with E-state index >= 15 is 0 Å². The van der Waals surface area contributed by atoms with Gasteiger partial charge in [-0.3, -0.25) is 4.79 Å². The standard InChI is InChI=1S/C21H25NO.C4H4O4/c1-22(15-17-7-3-2-4-8-17)16-21(23)20-13-11-19(12-14-20)18-9-5-6-10-18;5-3(6)1-2-4(7)8/h2-4,7-8,11-14,18H,5-6,9-10,15-16H2,1H3;1-2H,(H,5,6)(H,7,8)/b;2-1-. The number of rotatable bonds is 8. The summed E-state index contributed by atoms with van der Waals surface area (Å²) in [4.78, 5) is 32.6. The van der Waals surface area contributed by atoms with Crippen LogP contribution < -0.4 is 10.0 Å². The molecule has 1 saturated carbocycles. The molecule has 0 radical (unpaired) electrons. The molecule has 0 amide bonds. The Morgan fingerprint density at radius 3 is 2.13 bits per heavy atom. The van der Waals surface area contributed by atoms with E-state index in [0.29, 0.717) is 24.6 Å². The number of ketones is 1. The Morgan fingerprint density at radius 2 is 1.61 bits per heavy atom. The summed E-state index contributed by atoms with van der Waals surface area (Å²) in [5.74, 6) is -1.86. The molecule has 0 heterocycles. The summed E-state index contributed by atoms with van der Waals surface area (Å²) in [6.45, 7) is 1.42. The number of hydrogen-bond acceptors (Lipinski definition) is 4. The van der Waals surface area contributed by atoms with Gasteiger partial charge in [-0.05, 0) is 30.4 Å². The van der Waals surface area contributed by atoms with Crippen LogP contribution in [-0.2, 0) is 16.1 Å². The predicted molar refractivity (Wildman–Crippen MR) is 116 cm³/mol. The van der Waals surface area contributed by atoms with Crippen LogP contribution in [0.3, 0.4) is 0 Å². The van der Waals surface area contributed by atoms with Crippen molar-refractivity contribution < 1.29 is 29.5 Å². The molecule has 2 N–H and O–H groups in total. The molecule has 0 spiro atoms. The van der Waals surface area contributed by atoms with Crippen LogP contribution in [0, 0.1) is 0 Å². The van der Waals surface area contributed by atoms with Crippen molar-refractivity contribution in [3.8, 4) is 0 Å². The molecule has 1 fully saturated rings. The molecule has 2 aromatic rings. The van der Waals surface area contributed by atoms with Gasteiger partial charge >= 0.3 is 5.97 Å². The molecule has 164 valence electrons. The lowest BCUT2D eigenvalue weighted by molar-refractivity contribution is -0.884. The first-order chi connectivity index (χ1) is 14.8. The van der Waals surface area contributed by atoms with E-state index in [0.717, 1.165) is 12.1 Å². The van der Waals surface area contributed by atoms with Gasteiger partial charge in [0, 0.05) is 17.2 Å². The van der Waals surface area contributed by atoms with Gasteiger partial charge in [-0.1, -0.05) is 67.4 Å². The Hall–Kier alpha value is -3.25. The van der Waals surface area contributed by atoms with Gasteiger partial charge in [-0.15, -0.1) is 0 Å². The van der Waals surface area contributed by atoms with Crippen molar-refractivity contribution >= 4 is 17.7 Å². The zero-order valence-corrected chi connectivity index (χ0v) is 17.8. The summed E-state index contributed by atoms with van der Waals surface area (Å²) in [6, 6.07) is 18.7. The van der Waals surface area contributed by atoms with Crippen LogP contribution in [0.15, 0.2) is 66.7 Å². The van der Waals surface area contributed by atoms with E-state index in [1.54, 1.807) is 0 Å². The molecule has 0 aliphatic heterocycles. The Labute approximate surface area is 182 Å². The monoisotopic (exact) mass is 423 g/mol. The van der Waals surface area contributed by atoms with Gasteiger partial charge in [0.15, 0.2) is 0 Å². The van der Waals surface area contributed by atoms with Crippen molar-refractivity contribution in [1.82, 2.24) is 0 Å². The molecule has 1 atom stereocenters. The number of aliphatic carboxylic acids is 2. The maximum Gasteiger partial charge on any atom is 0.328 e. The van der Waals surface area contributed by atoms with E-state index in [2.05, 4.69) is 31.3 Å². The molecular weight excluding hydrogens is 394 g/mol. The van der Waals surface area contributed by atoms with Gasteiger partial charge in [0.25, 0.3) is 0 Å². The fraction of sp³-hybridized carbons (Fsp3) is 0.320. The second-order valence-corrected chi connectivity index (χ2v) is 7.81. The highest BCUT2D eigenvalue weighted by Gasteiger charge is 2.18. The number of hydrogen-bond donors (Lipinski definition) is 2. The second-order valence-electron chi connectivity index (χ2n) is 7.81. The molecule has 0 bridgehead atoms. The van der Waals surface area contributed by atoms with Crippen molar-refractivity contribution in [1.29, 1.82) is 0 Å². The van der Waals surface area contributed by atoms with E-state index in [1.807, 2.05) is 30.3 Å². The number of carbonyl (C=O) groups excluding carboxylic acids is 2. The minimum atomic E-state index is -1.51. The molecule has 3 rings (SSSR count). The van der Waals surface area contributed by atoms with Crippen molar-refractivity contribution in [3.63, 3.8) is 0 Å². The summed E-state index contributed by atoms with van der Waals surface area (Å²) in [5, 5.41) is 17.2. The number of carboxylic acids is 2. The smallest absolute Gasteiger partial charge is 0.328 e. The van der Waals surface area contributed by atoms with Crippen LogP contribution in [0.2, 0.25) is 0 Å². The van der Waals surface area contributed by atoms with Gasteiger partial charge in [0.05, 0.1) is 13.0 Å². The number of carbonyl (C=O) groups is 3. The molecule has 31 heavy (non-hydrogen) atoms. The Balaban J connectivity index is 0.000000366. The molecule has 2 aromatic carbocycles. The zero-order chi connectivity index (χ0) is 22.6. The van der Waals surface area contributed by atoms with Gasteiger partial charge in [0.1, 0.15) is 13.1 Å².